The summed E-state index contributed by atoms with van der Waals surface area (Å²) in [7, 11) is 0. The number of amides is 2. The van der Waals surface area contributed by atoms with Crippen LogP contribution in [0.15, 0.2) is 0 Å². The topological polar surface area (TPSA) is 49.4 Å². The van der Waals surface area contributed by atoms with E-state index < -0.39 is 24.5 Å². The minimum absolute atomic E-state index is 0.0734. The molecule has 22 heavy (non-hydrogen) atoms. The van der Waals surface area contributed by atoms with E-state index >= 15 is 0 Å². The number of nitrogens with zero attached hydrogens (tertiary/aromatic N) is 1. The van der Waals surface area contributed by atoms with E-state index in [4.69, 9.17) is 0 Å². The van der Waals surface area contributed by atoms with Gasteiger partial charge in [-0.15, -0.1) is 0 Å². The Morgan fingerprint density at radius 3 is 2.77 bits per heavy atom. The van der Waals surface area contributed by atoms with Crippen LogP contribution in [0.5, 0.6) is 0 Å². The molecule has 0 radical (unpaired) electrons. The van der Waals surface area contributed by atoms with E-state index in [0.717, 1.165) is 29.9 Å². The molecule has 0 bridgehead atoms. The van der Waals surface area contributed by atoms with Crippen molar-refractivity contribution in [1.82, 2.24) is 10.2 Å². The molecule has 1 N–H and O–H groups in total. The predicted molar refractivity (Wildman–Crippen MR) is 78.4 cm³/mol. The van der Waals surface area contributed by atoms with Crippen LogP contribution in [-0.2, 0) is 9.59 Å². The fourth-order valence-electron chi connectivity index (χ4n) is 3.12. The molecule has 0 aromatic carbocycles. The summed E-state index contributed by atoms with van der Waals surface area (Å²) >= 11 is 1.80. The van der Waals surface area contributed by atoms with Crippen LogP contribution in [0.2, 0.25) is 0 Å². The van der Waals surface area contributed by atoms with Crippen molar-refractivity contribution < 1.29 is 22.8 Å². The lowest BCUT2D eigenvalue weighted by atomic mass is 10.1. The number of likely N-dealkylation sites (tertiary alicyclic amines) is 1. The Kier molecular flexibility index (Phi) is 5.63. The highest BCUT2D eigenvalue weighted by Gasteiger charge is 2.41. The van der Waals surface area contributed by atoms with Crippen molar-refractivity contribution in [2.75, 3.05) is 18.8 Å². The number of nitrogens with one attached hydrogen (secondary N) is 1. The Morgan fingerprint density at radius 1 is 1.41 bits per heavy atom. The van der Waals surface area contributed by atoms with Gasteiger partial charge in [0.25, 0.3) is 0 Å². The second kappa shape index (κ2) is 7.10. The number of rotatable bonds is 5. The van der Waals surface area contributed by atoms with Gasteiger partial charge >= 0.3 is 6.18 Å². The molecule has 0 aromatic heterocycles. The Bertz CT molecular complexity index is 431. The summed E-state index contributed by atoms with van der Waals surface area (Å²) in [5.74, 6) is -0.573. The highest BCUT2D eigenvalue weighted by Crippen LogP contribution is 2.31. The maximum Gasteiger partial charge on any atom is 0.406 e. The fraction of sp³-hybridized carbons (Fsp3) is 0.857. The largest absolute Gasteiger partial charge is 0.406 e. The predicted octanol–water partition coefficient (Wildman–Crippen LogP) is 2.19. The van der Waals surface area contributed by atoms with E-state index in [9.17, 15) is 22.8 Å². The van der Waals surface area contributed by atoms with Crippen molar-refractivity contribution in [3.8, 4) is 0 Å². The van der Waals surface area contributed by atoms with Crippen LogP contribution in [-0.4, -0.2) is 53.0 Å². The molecule has 0 unspecified atom stereocenters. The highest BCUT2D eigenvalue weighted by atomic mass is 32.2. The van der Waals surface area contributed by atoms with Crippen molar-refractivity contribution in [2.24, 2.45) is 5.92 Å². The molecule has 1 heterocycles. The molecule has 2 rings (SSSR count). The van der Waals surface area contributed by atoms with Gasteiger partial charge in [0.1, 0.15) is 6.54 Å². The van der Waals surface area contributed by atoms with Gasteiger partial charge in [-0.05, 0) is 18.6 Å². The van der Waals surface area contributed by atoms with Crippen molar-refractivity contribution in [3.05, 3.63) is 0 Å². The van der Waals surface area contributed by atoms with Crippen LogP contribution in [0.3, 0.4) is 0 Å². The van der Waals surface area contributed by atoms with Gasteiger partial charge in [-0.2, -0.15) is 24.9 Å². The third-order valence-electron chi connectivity index (χ3n) is 4.12. The molecule has 4 nitrogen and oxygen atoms in total. The van der Waals surface area contributed by atoms with Gasteiger partial charge in [-0.25, -0.2) is 0 Å². The first-order chi connectivity index (χ1) is 10.3. The average molecular weight is 338 g/mol. The first-order valence-corrected chi connectivity index (χ1v) is 8.61. The Balaban J connectivity index is 1.87. The SMILES string of the molecule is CCS[C@@H]1CCC[C@@H]1NC(=O)[C@@H]1CC(=O)N(CC(F)(F)F)C1. The van der Waals surface area contributed by atoms with Crippen LogP contribution >= 0.6 is 11.8 Å². The molecule has 1 aliphatic heterocycles. The Morgan fingerprint density at radius 2 is 2.14 bits per heavy atom. The van der Waals surface area contributed by atoms with E-state index in [1.165, 1.54) is 0 Å². The zero-order valence-electron chi connectivity index (χ0n) is 12.5. The molecule has 2 fully saturated rings. The van der Waals surface area contributed by atoms with Gasteiger partial charge in [0.15, 0.2) is 0 Å². The number of carbonyl (C=O) groups excluding carboxylic acids is 2. The lowest BCUT2D eigenvalue weighted by Gasteiger charge is -2.22. The smallest absolute Gasteiger partial charge is 0.352 e. The molecular weight excluding hydrogens is 317 g/mol. The molecular formula is C14H21F3N2O2S. The lowest BCUT2D eigenvalue weighted by Crippen LogP contribution is -2.43. The molecule has 0 spiro atoms. The average Bonchev–Trinajstić information content (AvgIpc) is 2.97. The first kappa shape index (κ1) is 17.4. The van der Waals surface area contributed by atoms with Crippen LogP contribution < -0.4 is 5.32 Å². The summed E-state index contributed by atoms with van der Waals surface area (Å²) in [4.78, 5) is 24.6. The summed E-state index contributed by atoms with van der Waals surface area (Å²) < 4.78 is 37.1. The number of alkyl halides is 3. The summed E-state index contributed by atoms with van der Waals surface area (Å²) in [6.45, 7) is 0.655. The number of halogens is 3. The Labute approximate surface area is 132 Å². The van der Waals surface area contributed by atoms with Crippen LogP contribution in [0.1, 0.15) is 32.6 Å². The van der Waals surface area contributed by atoms with E-state index in [-0.39, 0.29) is 24.9 Å². The standard InChI is InChI=1S/C14H21F3N2O2S/c1-2-22-11-5-3-4-10(11)18-13(21)9-6-12(20)19(7-9)8-14(15,16)17/h9-11H,2-8H2,1H3,(H,18,21)/t9-,10+,11-/m1/s1. The normalized spacial score (nSPS) is 29.2. The summed E-state index contributed by atoms with van der Waals surface area (Å²) in [6, 6.07) is 0.0734. The minimum Gasteiger partial charge on any atom is -0.352 e. The molecule has 1 saturated carbocycles. The van der Waals surface area contributed by atoms with Crippen molar-refractivity contribution >= 4 is 23.6 Å². The second-order valence-corrected chi connectivity index (χ2v) is 7.35. The van der Waals surface area contributed by atoms with Crippen LogP contribution in [0.25, 0.3) is 0 Å². The molecule has 126 valence electrons. The quantitative estimate of drug-likeness (QED) is 0.836. The summed E-state index contributed by atoms with van der Waals surface area (Å²) in [5, 5.41) is 3.31. The summed E-state index contributed by atoms with van der Waals surface area (Å²) in [5.41, 5.74) is 0. The van der Waals surface area contributed by atoms with E-state index in [1.54, 1.807) is 11.8 Å². The van der Waals surface area contributed by atoms with Crippen LogP contribution in [0.4, 0.5) is 13.2 Å². The first-order valence-electron chi connectivity index (χ1n) is 7.56. The van der Waals surface area contributed by atoms with Crippen LogP contribution in [0, 0.1) is 5.92 Å². The third kappa shape index (κ3) is 4.54. The summed E-state index contributed by atoms with van der Waals surface area (Å²) in [6.07, 6.45) is -1.55. The molecule has 2 aliphatic rings. The monoisotopic (exact) mass is 338 g/mol. The van der Waals surface area contributed by atoms with E-state index in [1.807, 2.05) is 0 Å². The van der Waals surface area contributed by atoms with Gasteiger partial charge < -0.3 is 10.2 Å². The van der Waals surface area contributed by atoms with Crippen molar-refractivity contribution in [2.45, 2.75) is 50.1 Å². The molecule has 0 aromatic rings. The number of hydrogen-bond acceptors (Lipinski definition) is 3. The molecule has 3 atom stereocenters. The zero-order chi connectivity index (χ0) is 16.3. The van der Waals surface area contributed by atoms with Gasteiger partial charge in [0.2, 0.25) is 11.8 Å². The van der Waals surface area contributed by atoms with Gasteiger partial charge in [-0.3, -0.25) is 9.59 Å². The van der Waals surface area contributed by atoms with Gasteiger partial charge in [-0.1, -0.05) is 13.3 Å². The second-order valence-electron chi connectivity index (χ2n) is 5.83. The highest BCUT2D eigenvalue weighted by molar-refractivity contribution is 7.99. The number of carbonyl (C=O) groups is 2. The number of thioether (sulfide) groups is 1. The Hall–Kier alpha value is -0.920. The van der Waals surface area contributed by atoms with E-state index in [2.05, 4.69) is 12.2 Å². The minimum atomic E-state index is -4.42. The molecule has 1 saturated heterocycles. The van der Waals surface area contributed by atoms with Crippen molar-refractivity contribution in [1.29, 1.82) is 0 Å². The molecule has 1 aliphatic carbocycles. The zero-order valence-corrected chi connectivity index (χ0v) is 13.3. The molecule has 8 heteroatoms. The third-order valence-corrected chi connectivity index (χ3v) is 5.44. The maximum absolute atomic E-state index is 12.4. The van der Waals surface area contributed by atoms with Gasteiger partial charge in [0, 0.05) is 24.3 Å². The lowest BCUT2D eigenvalue weighted by molar-refractivity contribution is -0.157. The fourth-order valence-corrected chi connectivity index (χ4v) is 4.32. The number of hydrogen-bond donors (Lipinski definition) is 1. The van der Waals surface area contributed by atoms with E-state index in [0.29, 0.717) is 5.25 Å². The molecule has 2 amide bonds. The van der Waals surface area contributed by atoms with Gasteiger partial charge in [0.05, 0.1) is 5.92 Å². The van der Waals surface area contributed by atoms with Crippen molar-refractivity contribution in [3.63, 3.8) is 0 Å². The maximum atomic E-state index is 12.4.